The maximum atomic E-state index is 11.6. The number of carbonyl (C=O) groups excluding carboxylic acids is 2. The summed E-state index contributed by atoms with van der Waals surface area (Å²) in [5.74, 6) is -0.346. The Labute approximate surface area is 105 Å². The van der Waals surface area contributed by atoms with Crippen LogP contribution in [0.25, 0.3) is 10.9 Å². The van der Waals surface area contributed by atoms with Gasteiger partial charge in [0.2, 0.25) is 0 Å². The molecule has 4 nitrogen and oxygen atoms in total. The van der Waals surface area contributed by atoms with Crippen molar-refractivity contribution >= 4 is 23.2 Å². The van der Waals surface area contributed by atoms with Gasteiger partial charge in [-0.15, -0.1) is 0 Å². The molecule has 1 heterocycles. The van der Waals surface area contributed by atoms with Crippen molar-refractivity contribution in [3.8, 4) is 0 Å². The molecule has 1 aromatic heterocycles. The summed E-state index contributed by atoms with van der Waals surface area (Å²) < 4.78 is 6.75. The quantitative estimate of drug-likeness (QED) is 0.614. The Hall–Kier alpha value is -2.10. The topological polar surface area (TPSA) is 48.3 Å². The van der Waals surface area contributed by atoms with Gasteiger partial charge >= 0.3 is 5.97 Å². The minimum atomic E-state index is -0.346. The SMILES string of the molecule is COC(=O)c1cccc2c1ccn2C(C)CC=O. The Bertz CT molecular complexity index is 586. The first kappa shape index (κ1) is 12.4. The molecule has 2 rings (SSSR count). The number of benzene rings is 1. The van der Waals surface area contributed by atoms with Gasteiger partial charge < -0.3 is 14.1 Å². The number of carbonyl (C=O) groups is 2. The Morgan fingerprint density at radius 2 is 2.22 bits per heavy atom. The van der Waals surface area contributed by atoms with E-state index in [0.29, 0.717) is 12.0 Å². The first-order valence-corrected chi connectivity index (χ1v) is 5.80. The second-order valence-electron chi connectivity index (χ2n) is 4.20. The predicted octanol–water partition coefficient (Wildman–Crippen LogP) is 2.58. The van der Waals surface area contributed by atoms with E-state index in [1.165, 1.54) is 7.11 Å². The van der Waals surface area contributed by atoms with Gasteiger partial charge in [0.25, 0.3) is 0 Å². The predicted molar refractivity (Wildman–Crippen MR) is 68.7 cm³/mol. The molecule has 0 aliphatic rings. The summed E-state index contributed by atoms with van der Waals surface area (Å²) >= 11 is 0. The highest BCUT2D eigenvalue weighted by Gasteiger charge is 2.14. The molecule has 0 bridgehead atoms. The molecule has 0 aliphatic heterocycles. The van der Waals surface area contributed by atoms with Crippen molar-refractivity contribution in [3.63, 3.8) is 0 Å². The van der Waals surface area contributed by atoms with Crippen LogP contribution in [0.15, 0.2) is 30.5 Å². The third-order valence-corrected chi connectivity index (χ3v) is 3.08. The van der Waals surface area contributed by atoms with E-state index >= 15 is 0 Å². The molecule has 4 heteroatoms. The van der Waals surface area contributed by atoms with Crippen molar-refractivity contribution in [2.45, 2.75) is 19.4 Å². The summed E-state index contributed by atoms with van der Waals surface area (Å²) in [5, 5.41) is 0.849. The molecule has 1 unspecified atom stereocenters. The van der Waals surface area contributed by atoms with Crippen molar-refractivity contribution in [2.24, 2.45) is 0 Å². The highest BCUT2D eigenvalue weighted by molar-refractivity contribution is 6.03. The lowest BCUT2D eigenvalue weighted by Crippen LogP contribution is -2.05. The fourth-order valence-corrected chi connectivity index (χ4v) is 2.11. The largest absolute Gasteiger partial charge is 0.465 e. The summed E-state index contributed by atoms with van der Waals surface area (Å²) in [6.07, 6.45) is 3.25. The van der Waals surface area contributed by atoms with Crippen LogP contribution in [0.3, 0.4) is 0 Å². The normalized spacial score (nSPS) is 12.3. The lowest BCUT2D eigenvalue weighted by molar-refractivity contribution is -0.108. The number of rotatable bonds is 4. The fraction of sp³-hybridized carbons (Fsp3) is 0.286. The van der Waals surface area contributed by atoms with Crippen LogP contribution < -0.4 is 0 Å². The number of aldehydes is 1. The molecule has 0 N–H and O–H groups in total. The number of hydrogen-bond donors (Lipinski definition) is 0. The maximum Gasteiger partial charge on any atom is 0.338 e. The molecular weight excluding hydrogens is 230 g/mol. The number of nitrogens with zero attached hydrogens (tertiary/aromatic N) is 1. The molecule has 94 valence electrons. The smallest absolute Gasteiger partial charge is 0.338 e. The van der Waals surface area contributed by atoms with Crippen LogP contribution in [-0.4, -0.2) is 23.9 Å². The van der Waals surface area contributed by atoms with Crippen LogP contribution in [0.5, 0.6) is 0 Å². The van der Waals surface area contributed by atoms with E-state index in [-0.39, 0.29) is 12.0 Å². The van der Waals surface area contributed by atoms with Crippen molar-refractivity contribution < 1.29 is 14.3 Å². The number of esters is 1. The molecule has 0 saturated carbocycles. The lowest BCUT2D eigenvalue weighted by Gasteiger charge is -2.12. The van der Waals surface area contributed by atoms with Gasteiger partial charge in [0.15, 0.2) is 0 Å². The molecule has 0 amide bonds. The number of ether oxygens (including phenoxy) is 1. The third kappa shape index (κ3) is 2.01. The highest BCUT2D eigenvalue weighted by atomic mass is 16.5. The summed E-state index contributed by atoms with van der Waals surface area (Å²) in [6, 6.07) is 7.45. The molecule has 18 heavy (non-hydrogen) atoms. The summed E-state index contributed by atoms with van der Waals surface area (Å²) in [5.41, 5.74) is 1.49. The second-order valence-corrected chi connectivity index (χ2v) is 4.20. The second kappa shape index (κ2) is 5.04. The lowest BCUT2D eigenvalue weighted by atomic mass is 10.1. The van der Waals surface area contributed by atoms with Crippen LogP contribution in [0.4, 0.5) is 0 Å². The zero-order valence-electron chi connectivity index (χ0n) is 10.4. The standard InChI is InChI=1S/C14H15NO3/c1-10(7-9-16)15-8-6-11-12(14(17)18-2)4-3-5-13(11)15/h3-6,8-10H,7H2,1-2H3. The van der Waals surface area contributed by atoms with E-state index in [0.717, 1.165) is 17.2 Å². The Balaban J connectivity index is 2.54. The molecule has 0 spiro atoms. The van der Waals surface area contributed by atoms with Gasteiger partial charge in [-0.3, -0.25) is 0 Å². The number of fused-ring (bicyclic) bond motifs is 1. The minimum Gasteiger partial charge on any atom is -0.465 e. The van der Waals surface area contributed by atoms with Gasteiger partial charge in [-0.1, -0.05) is 6.07 Å². The molecule has 1 aromatic carbocycles. The molecule has 0 aliphatic carbocycles. The minimum absolute atomic E-state index is 0.0768. The van der Waals surface area contributed by atoms with Crippen LogP contribution >= 0.6 is 0 Å². The Kier molecular flexibility index (Phi) is 3.46. The first-order chi connectivity index (χ1) is 8.69. The van der Waals surface area contributed by atoms with Crippen LogP contribution in [0.2, 0.25) is 0 Å². The van der Waals surface area contributed by atoms with Gasteiger partial charge in [0.1, 0.15) is 6.29 Å². The molecule has 0 saturated heterocycles. The van der Waals surface area contributed by atoms with E-state index in [9.17, 15) is 9.59 Å². The van der Waals surface area contributed by atoms with Crippen molar-refractivity contribution in [1.82, 2.24) is 4.57 Å². The highest BCUT2D eigenvalue weighted by Crippen LogP contribution is 2.24. The van der Waals surface area contributed by atoms with Crippen LogP contribution in [-0.2, 0) is 9.53 Å². The number of methoxy groups -OCH3 is 1. The first-order valence-electron chi connectivity index (χ1n) is 5.80. The zero-order chi connectivity index (χ0) is 13.1. The van der Waals surface area contributed by atoms with E-state index in [1.807, 2.05) is 35.9 Å². The molecule has 2 aromatic rings. The molecule has 0 fully saturated rings. The van der Waals surface area contributed by atoms with Gasteiger partial charge in [-0.2, -0.15) is 0 Å². The van der Waals surface area contributed by atoms with E-state index in [2.05, 4.69) is 0 Å². The zero-order valence-corrected chi connectivity index (χ0v) is 10.4. The van der Waals surface area contributed by atoms with E-state index in [1.54, 1.807) is 6.07 Å². The van der Waals surface area contributed by atoms with Gasteiger partial charge in [-0.05, 0) is 25.1 Å². The van der Waals surface area contributed by atoms with Crippen molar-refractivity contribution in [1.29, 1.82) is 0 Å². The summed E-state index contributed by atoms with van der Waals surface area (Å²) in [7, 11) is 1.37. The fourth-order valence-electron chi connectivity index (χ4n) is 2.11. The number of hydrogen-bond acceptors (Lipinski definition) is 3. The Morgan fingerprint density at radius 1 is 1.44 bits per heavy atom. The summed E-state index contributed by atoms with van der Waals surface area (Å²) in [6.45, 7) is 1.97. The van der Waals surface area contributed by atoms with Crippen LogP contribution in [0, 0.1) is 0 Å². The average Bonchev–Trinajstić information content (AvgIpc) is 2.81. The average molecular weight is 245 g/mol. The molecular formula is C14H15NO3. The molecule has 1 atom stereocenters. The van der Waals surface area contributed by atoms with E-state index < -0.39 is 0 Å². The Morgan fingerprint density at radius 3 is 2.89 bits per heavy atom. The third-order valence-electron chi connectivity index (χ3n) is 3.08. The maximum absolute atomic E-state index is 11.6. The molecule has 0 radical (unpaired) electrons. The number of aromatic nitrogens is 1. The van der Waals surface area contributed by atoms with Crippen molar-refractivity contribution in [2.75, 3.05) is 7.11 Å². The van der Waals surface area contributed by atoms with E-state index in [4.69, 9.17) is 4.74 Å². The monoisotopic (exact) mass is 245 g/mol. The summed E-state index contributed by atoms with van der Waals surface area (Å²) in [4.78, 5) is 22.2. The van der Waals surface area contributed by atoms with Gasteiger partial charge in [-0.25, -0.2) is 4.79 Å². The van der Waals surface area contributed by atoms with Crippen LogP contribution in [0.1, 0.15) is 29.7 Å². The van der Waals surface area contributed by atoms with Gasteiger partial charge in [0, 0.05) is 29.6 Å². The van der Waals surface area contributed by atoms with Gasteiger partial charge in [0.05, 0.1) is 12.7 Å². The van der Waals surface area contributed by atoms with Crippen molar-refractivity contribution in [3.05, 3.63) is 36.0 Å².